The Labute approximate surface area is 106 Å². The molecule has 4 nitrogen and oxygen atoms in total. The first-order valence-corrected chi connectivity index (χ1v) is 5.85. The molecule has 0 heterocycles. The van der Waals surface area contributed by atoms with Crippen molar-refractivity contribution in [2.75, 3.05) is 25.1 Å². The molecule has 0 radical (unpaired) electrons. The van der Waals surface area contributed by atoms with Crippen molar-refractivity contribution in [3.05, 3.63) is 29.6 Å². The zero-order valence-corrected chi connectivity index (χ0v) is 10.6. The van der Waals surface area contributed by atoms with E-state index in [4.69, 9.17) is 9.84 Å². The van der Waals surface area contributed by atoms with Crippen molar-refractivity contribution in [2.24, 2.45) is 5.92 Å². The van der Waals surface area contributed by atoms with Crippen LogP contribution in [0, 0.1) is 11.7 Å². The molecule has 1 aromatic carbocycles. The highest BCUT2D eigenvalue weighted by Crippen LogP contribution is 2.14. The molecule has 5 heteroatoms. The van der Waals surface area contributed by atoms with E-state index >= 15 is 0 Å². The van der Waals surface area contributed by atoms with Gasteiger partial charge in [0.05, 0.1) is 12.2 Å². The highest BCUT2D eigenvalue weighted by molar-refractivity contribution is 5.88. The van der Waals surface area contributed by atoms with Crippen LogP contribution in [-0.2, 0) is 4.74 Å². The standard InChI is InChI=1S/C13H18FNO3/c1-9(2)8-18-6-5-15-10-3-4-11(13(16)17)12(14)7-10/h3-4,7,9,15H,5-6,8H2,1-2H3,(H,16,17). The first-order chi connectivity index (χ1) is 8.50. The predicted octanol–water partition coefficient (Wildman–Crippen LogP) is 2.61. The third kappa shape index (κ3) is 4.71. The van der Waals surface area contributed by atoms with Gasteiger partial charge in [-0.15, -0.1) is 0 Å². The van der Waals surface area contributed by atoms with Crippen LogP contribution in [0.4, 0.5) is 10.1 Å². The molecular formula is C13H18FNO3. The van der Waals surface area contributed by atoms with Crippen LogP contribution in [0.5, 0.6) is 0 Å². The smallest absolute Gasteiger partial charge is 0.338 e. The molecule has 0 aliphatic heterocycles. The molecular weight excluding hydrogens is 237 g/mol. The zero-order chi connectivity index (χ0) is 13.5. The van der Waals surface area contributed by atoms with Crippen molar-refractivity contribution in [3.8, 4) is 0 Å². The molecule has 0 aliphatic carbocycles. The van der Waals surface area contributed by atoms with Gasteiger partial charge in [0.15, 0.2) is 0 Å². The average Bonchev–Trinajstić information content (AvgIpc) is 2.27. The number of anilines is 1. The van der Waals surface area contributed by atoms with E-state index in [0.717, 1.165) is 0 Å². The number of nitrogens with one attached hydrogen (secondary N) is 1. The molecule has 0 spiro atoms. The first-order valence-electron chi connectivity index (χ1n) is 5.85. The fourth-order valence-corrected chi connectivity index (χ4v) is 1.39. The van der Waals surface area contributed by atoms with E-state index in [1.165, 1.54) is 18.2 Å². The van der Waals surface area contributed by atoms with Gasteiger partial charge in [0, 0.05) is 18.8 Å². The third-order valence-corrected chi connectivity index (χ3v) is 2.23. The fraction of sp³-hybridized carbons (Fsp3) is 0.462. The molecule has 100 valence electrons. The van der Waals surface area contributed by atoms with E-state index in [1.807, 2.05) is 0 Å². The van der Waals surface area contributed by atoms with Gasteiger partial charge in [0.25, 0.3) is 0 Å². The summed E-state index contributed by atoms with van der Waals surface area (Å²) in [6, 6.07) is 3.95. The quantitative estimate of drug-likeness (QED) is 0.735. The number of rotatable bonds is 7. The van der Waals surface area contributed by atoms with Crippen LogP contribution in [0.3, 0.4) is 0 Å². The highest BCUT2D eigenvalue weighted by Gasteiger charge is 2.09. The molecule has 0 fully saturated rings. The van der Waals surface area contributed by atoms with Gasteiger partial charge in [-0.25, -0.2) is 9.18 Å². The van der Waals surface area contributed by atoms with Gasteiger partial charge < -0.3 is 15.2 Å². The fourth-order valence-electron chi connectivity index (χ4n) is 1.39. The van der Waals surface area contributed by atoms with Crippen molar-refractivity contribution in [3.63, 3.8) is 0 Å². The van der Waals surface area contributed by atoms with Crippen molar-refractivity contribution in [1.29, 1.82) is 0 Å². The summed E-state index contributed by atoms with van der Waals surface area (Å²) in [6.45, 7) is 5.90. The van der Waals surface area contributed by atoms with Crippen LogP contribution in [0.2, 0.25) is 0 Å². The SMILES string of the molecule is CC(C)COCCNc1ccc(C(=O)O)c(F)c1. The maximum Gasteiger partial charge on any atom is 0.338 e. The van der Waals surface area contributed by atoms with E-state index in [1.54, 1.807) is 0 Å². The lowest BCUT2D eigenvalue weighted by Gasteiger charge is -2.09. The molecule has 0 aromatic heterocycles. The molecule has 0 saturated heterocycles. The molecule has 0 unspecified atom stereocenters. The number of carbonyl (C=O) groups is 1. The van der Waals surface area contributed by atoms with Gasteiger partial charge in [-0.2, -0.15) is 0 Å². The van der Waals surface area contributed by atoms with Gasteiger partial charge in [-0.1, -0.05) is 13.8 Å². The Bertz CT molecular complexity index is 407. The number of halogens is 1. The van der Waals surface area contributed by atoms with Crippen molar-refractivity contribution in [2.45, 2.75) is 13.8 Å². The van der Waals surface area contributed by atoms with Crippen molar-refractivity contribution < 1.29 is 19.0 Å². The van der Waals surface area contributed by atoms with Crippen LogP contribution in [0.1, 0.15) is 24.2 Å². The Morgan fingerprint density at radius 1 is 1.50 bits per heavy atom. The van der Waals surface area contributed by atoms with Crippen LogP contribution in [0.25, 0.3) is 0 Å². The molecule has 0 bridgehead atoms. The summed E-state index contributed by atoms with van der Waals surface area (Å²) in [7, 11) is 0. The Balaban J connectivity index is 2.39. The largest absolute Gasteiger partial charge is 0.478 e. The van der Waals surface area contributed by atoms with E-state index < -0.39 is 11.8 Å². The van der Waals surface area contributed by atoms with Crippen LogP contribution < -0.4 is 5.32 Å². The molecule has 2 N–H and O–H groups in total. The van der Waals surface area contributed by atoms with Crippen LogP contribution in [0.15, 0.2) is 18.2 Å². The molecule has 0 aliphatic rings. The first kappa shape index (κ1) is 14.4. The monoisotopic (exact) mass is 255 g/mol. The minimum atomic E-state index is -1.26. The summed E-state index contributed by atoms with van der Waals surface area (Å²) in [5, 5.41) is 11.6. The average molecular weight is 255 g/mol. The predicted molar refractivity (Wildman–Crippen MR) is 67.5 cm³/mol. The summed E-state index contributed by atoms with van der Waals surface area (Å²) in [6.07, 6.45) is 0. The summed E-state index contributed by atoms with van der Waals surface area (Å²) < 4.78 is 18.7. The normalized spacial score (nSPS) is 10.7. The van der Waals surface area contributed by atoms with Crippen LogP contribution >= 0.6 is 0 Å². The van der Waals surface area contributed by atoms with Gasteiger partial charge in [-0.05, 0) is 24.1 Å². The topological polar surface area (TPSA) is 58.6 Å². The van der Waals surface area contributed by atoms with Gasteiger partial charge >= 0.3 is 5.97 Å². The van der Waals surface area contributed by atoms with Gasteiger partial charge in [0.1, 0.15) is 5.82 Å². The summed E-state index contributed by atoms with van der Waals surface area (Å²) in [4.78, 5) is 10.6. The Hall–Kier alpha value is -1.62. The van der Waals surface area contributed by atoms with E-state index in [-0.39, 0.29) is 5.56 Å². The second kappa shape index (κ2) is 6.96. The maximum absolute atomic E-state index is 13.3. The molecule has 0 saturated carbocycles. The molecule has 0 atom stereocenters. The summed E-state index contributed by atoms with van der Waals surface area (Å²) in [5.41, 5.74) is 0.224. The number of carboxylic acids is 1. The second-order valence-electron chi connectivity index (χ2n) is 4.40. The molecule has 1 rings (SSSR count). The van der Waals surface area contributed by atoms with Gasteiger partial charge in [-0.3, -0.25) is 0 Å². The Kier molecular flexibility index (Phi) is 5.58. The highest BCUT2D eigenvalue weighted by atomic mass is 19.1. The lowest BCUT2D eigenvalue weighted by atomic mass is 10.2. The van der Waals surface area contributed by atoms with E-state index in [9.17, 15) is 9.18 Å². The van der Waals surface area contributed by atoms with Gasteiger partial charge in [0.2, 0.25) is 0 Å². The number of carboxylic acid groups (broad SMARTS) is 1. The maximum atomic E-state index is 13.3. The number of ether oxygens (including phenoxy) is 1. The van der Waals surface area contributed by atoms with Crippen LogP contribution in [-0.4, -0.2) is 30.8 Å². The third-order valence-electron chi connectivity index (χ3n) is 2.23. The number of hydrogen-bond acceptors (Lipinski definition) is 3. The lowest BCUT2D eigenvalue weighted by Crippen LogP contribution is -2.12. The second-order valence-corrected chi connectivity index (χ2v) is 4.40. The van der Waals surface area contributed by atoms with E-state index in [2.05, 4.69) is 19.2 Å². The summed E-state index contributed by atoms with van der Waals surface area (Å²) >= 11 is 0. The number of aromatic carboxylic acids is 1. The van der Waals surface area contributed by atoms with Crippen molar-refractivity contribution >= 4 is 11.7 Å². The minimum absolute atomic E-state index is 0.323. The van der Waals surface area contributed by atoms with Crippen molar-refractivity contribution in [1.82, 2.24) is 0 Å². The number of benzene rings is 1. The van der Waals surface area contributed by atoms with E-state index in [0.29, 0.717) is 31.4 Å². The molecule has 18 heavy (non-hydrogen) atoms. The number of hydrogen-bond donors (Lipinski definition) is 2. The zero-order valence-electron chi connectivity index (χ0n) is 10.6. The molecule has 0 amide bonds. The summed E-state index contributed by atoms with van der Waals surface area (Å²) in [5.74, 6) is -1.52. The Morgan fingerprint density at radius 3 is 2.78 bits per heavy atom. The lowest BCUT2D eigenvalue weighted by molar-refractivity contribution is 0.0692. The Morgan fingerprint density at radius 2 is 2.22 bits per heavy atom. The minimum Gasteiger partial charge on any atom is -0.478 e. The molecule has 1 aromatic rings.